The lowest BCUT2D eigenvalue weighted by Gasteiger charge is -2.34. The Morgan fingerprint density at radius 3 is 1.27 bits per heavy atom. The van der Waals surface area contributed by atoms with Crippen molar-refractivity contribution in [2.24, 2.45) is 5.41 Å². The summed E-state index contributed by atoms with van der Waals surface area (Å²) in [6.45, 7) is 3.49. The molecule has 0 amide bonds. The van der Waals surface area contributed by atoms with Gasteiger partial charge in [0, 0.05) is 40.3 Å². The summed E-state index contributed by atoms with van der Waals surface area (Å²) in [6, 6.07) is 0. The molecule has 4 rings (SSSR count). The average Bonchev–Trinajstić information content (AvgIpc) is 3.65. The minimum atomic E-state index is -0.560. The Morgan fingerprint density at radius 2 is 0.973 bits per heavy atom. The van der Waals surface area contributed by atoms with Gasteiger partial charge in [0.1, 0.15) is 0 Å². The maximum Gasteiger partial charge on any atom is 0.189 e. The topological polar surface area (TPSA) is 108 Å². The molecule has 5 atom stereocenters. The van der Waals surface area contributed by atoms with E-state index >= 15 is 0 Å². The van der Waals surface area contributed by atoms with Crippen LogP contribution in [0.2, 0.25) is 0 Å². The second kappa shape index (κ2) is 15.3. The van der Waals surface area contributed by atoms with Crippen molar-refractivity contribution in [2.45, 2.75) is 77.8 Å². The van der Waals surface area contributed by atoms with Gasteiger partial charge in [-0.25, -0.2) is 0 Å². The largest absolute Gasteiger partial charge is 0.382 e. The van der Waals surface area contributed by atoms with Crippen LogP contribution in [-0.4, -0.2) is 99.7 Å². The number of thioether (sulfide) groups is 4. The lowest BCUT2D eigenvalue weighted by Crippen LogP contribution is -2.43. The Morgan fingerprint density at radius 1 is 0.595 bits per heavy atom. The van der Waals surface area contributed by atoms with Gasteiger partial charge in [-0.05, 0) is 32.1 Å². The van der Waals surface area contributed by atoms with Crippen LogP contribution in [0.5, 0.6) is 0 Å². The molecule has 8 nitrogen and oxygen atoms in total. The molecule has 0 saturated carbocycles. The van der Waals surface area contributed by atoms with Crippen LogP contribution in [0.1, 0.15) is 51.4 Å². The highest BCUT2D eigenvalue weighted by atomic mass is 32.2. The molecule has 12 heteroatoms. The number of ether oxygens (including phenoxy) is 4. The van der Waals surface area contributed by atoms with Gasteiger partial charge in [0.2, 0.25) is 0 Å². The molecule has 210 valence electrons. The summed E-state index contributed by atoms with van der Waals surface area (Å²) in [5.41, 5.74) is -0.881. The standard InChI is InChI=1S/C25H38O8S4/c26-21-5-1-17(34-21)9-30-13-25(14-31-10-18-2-6-22(27)35-18,15-32-11-19-3-7-23(28)36-19)16-33-12-20-4-8-24(29)37-20/h17-21,26H,1-16H2. The van der Waals surface area contributed by atoms with Crippen molar-refractivity contribution in [3.63, 3.8) is 0 Å². The predicted molar refractivity (Wildman–Crippen MR) is 149 cm³/mol. The Bertz CT molecular complexity index is 705. The van der Waals surface area contributed by atoms with E-state index in [1.165, 1.54) is 35.3 Å². The third-order valence-corrected chi connectivity index (χ3v) is 11.7. The zero-order valence-electron chi connectivity index (χ0n) is 21.1. The monoisotopic (exact) mass is 594 g/mol. The Hall–Kier alpha value is 0.210. The lowest BCUT2D eigenvalue weighted by atomic mass is 9.92. The summed E-state index contributed by atoms with van der Waals surface area (Å²) in [7, 11) is 0. The van der Waals surface area contributed by atoms with Gasteiger partial charge in [-0.15, -0.1) is 11.8 Å². The third kappa shape index (κ3) is 10.3. The molecule has 0 bridgehead atoms. The normalized spacial score (nSPS) is 32.0. The number of aliphatic hydroxyl groups is 1. The van der Waals surface area contributed by atoms with Crippen LogP contribution in [0.4, 0.5) is 0 Å². The molecule has 4 aliphatic rings. The van der Waals surface area contributed by atoms with Crippen molar-refractivity contribution in [1.82, 2.24) is 0 Å². The first-order valence-corrected chi connectivity index (χ1v) is 16.7. The van der Waals surface area contributed by atoms with Gasteiger partial charge in [-0.3, -0.25) is 14.4 Å². The molecule has 4 heterocycles. The SMILES string of the molecule is O=C1CCC(COCC(COCC2CCC(=O)S2)(COCC2CCC(=O)S2)COCC2CCC(O)S2)S1. The highest BCUT2D eigenvalue weighted by Crippen LogP contribution is 2.34. The minimum absolute atomic E-state index is 0.172. The summed E-state index contributed by atoms with van der Waals surface area (Å²) in [4.78, 5) is 35.0. The van der Waals surface area contributed by atoms with Crippen LogP contribution in [0.15, 0.2) is 0 Å². The van der Waals surface area contributed by atoms with Crippen LogP contribution < -0.4 is 0 Å². The van der Waals surface area contributed by atoms with Gasteiger partial charge in [-0.1, -0.05) is 35.3 Å². The molecule has 5 unspecified atom stereocenters. The molecule has 4 aliphatic heterocycles. The number of hydrogen-bond donors (Lipinski definition) is 1. The van der Waals surface area contributed by atoms with Crippen molar-refractivity contribution in [3.05, 3.63) is 0 Å². The minimum Gasteiger partial charge on any atom is -0.382 e. The summed E-state index contributed by atoms with van der Waals surface area (Å²) in [6.07, 6.45) is 6.00. The van der Waals surface area contributed by atoms with Crippen molar-refractivity contribution < 1.29 is 38.4 Å². The van der Waals surface area contributed by atoms with Gasteiger partial charge < -0.3 is 24.1 Å². The van der Waals surface area contributed by atoms with Gasteiger partial charge in [0.15, 0.2) is 15.3 Å². The number of hydrogen-bond acceptors (Lipinski definition) is 12. The van der Waals surface area contributed by atoms with E-state index in [0.717, 1.165) is 32.1 Å². The number of carbonyl (C=O) groups is 3. The fourth-order valence-corrected chi connectivity index (χ4v) is 8.97. The van der Waals surface area contributed by atoms with Crippen LogP contribution in [0.3, 0.4) is 0 Å². The van der Waals surface area contributed by atoms with E-state index in [4.69, 9.17) is 18.9 Å². The molecule has 0 spiro atoms. The molecule has 0 radical (unpaired) electrons. The first kappa shape index (κ1) is 30.2. The first-order valence-electron chi connectivity index (χ1n) is 13.1. The van der Waals surface area contributed by atoms with E-state index in [9.17, 15) is 19.5 Å². The molecule has 37 heavy (non-hydrogen) atoms. The molecule has 1 N–H and O–H groups in total. The van der Waals surface area contributed by atoms with Crippen molar-refractivity contribution in [3.8, 4) is 0 Å². The van der Waals surface area contributed by atoms with Crippen LogP contribution in [0, 0.1) is 5.41 Å². The maximum absolute atomic E-state index is 11.7. The Kier molecular flexibility index (Phi) is 12.5. The van der Waals surface area contributed by atoms with Gasteiger partial charge in [0.25, 0.3) is 0 Å². The van der Waals surface area contributed by atoms with Crippen molar-refractivity contribution in [1.29, 1.82) is 0 Å². The van der Waals surface area contributed by atoms with E-state index in [0.29, 0.717) is 72.1 Å². The highest BCUT2D eigenvalue weighted by molar-refractivity contribution is 8.15. The van der Waals surface area contributed by atoms with Crippen LogP contribution >= 0.6 is 47.0 Å². The molecular weight excluding hydrogens is 557 g/mol. The zero-order chi connectivity index (χ0) is 26.1. The van der Waals surface area contributed by atoms with E-state index in [1.54, 1.807) is 11.8 Å². The summed E-state index contributed by atoms with van der Waals surface area (Å²) < 4.78 is 24.7. The summed E-state index contributed by atoms with van der Waals surface area (Å²) >= 11 is 5.66. The van der Waals surface area contributed by atoms with Crippen molar-refractivity contribution in [2.75, 3.05) is 52.9 Å². The molecule has 4 saturated heterocycles. The van der Waals surface area contributed by atoms with Crippen molar-refractivity contribution >= 4 is 62.4 Å². The second-order valence-electron chi connectivity index (χ2n) is 10.3. The van der Waals surface area contributed by atoms with E-state index < -0.39 is 5.41 Å². The number of carbonyl (C=O) groups excluding carboxylic acids is 3. The maximum atomic E-state index is 11.7. The van der Waals surface area contributed by atoms with E-state index in [-0.39, 0.29) is 41.8 Å². The van der Waals surface area contributed by atoms with Crippen LogP contribution in [-0.2, 0) is 33.3 Å². The van der Waals surface area contributed by atoms with Gasteiger partial charge in [-0.2, -0.15) is 0 Å². The quantitative estimate of drug-likeness (QED) is 0.282. The number of rotatable bonds is 16. The fraction of sp³-hybridized carbons (Fsp3) is 0.880. The second-order valence-corrected chi connectivity index (χ2v) is 15.9. The number of aliphatic hydroxyl groups excluding tert-OH is 1. The molecule has 4 fully saturated rings. The van der Waals surface area contributed by atoms with E-state index in [1.807, 2.05) is 0 Å². The molecule has 0 aliphatic carbocycles. The average molecular weight is 595 g/mol. The molecule has 0 aromatic rings. The van der Waals surface area contributed by atoms with Crippen LogP contribution in [0.25, 0.3) is 0 Å². The van der Waals surface area contributed by atoms with E-state index in [2.05, 4.69) is 0 Å². The summed E-state index contributed by atoms with van der Waals surface area (Å²) in [5, 5.41) is 11.3. The molecule has 0 aromatic heterocycles. The first-order chi connectivity index (χ1) is 17.9. The zero-order valence-corrected chi connectivity index (χ0v) is 24.4. The summed E-state index contributed by atoms with van der Waals surface area (Å²) in [5.74, 6) is 0. The Balaban J connectivity index is 1.34. The van der Waals surface area contributed by atoms with Gasteiger partial charge in [0.05, 0.1) is 63.7 Å². The fourth-order valence-electron chi connectivity index (χ4n) is 4.79. The van der Waals surface area contributed by atoms with Gasteiger partial charge >= 0.3 is 0 Å². The smallest absolute Gasteiger partial charge is 0.189 e. The Labute approximate surface area is 236 Å². The third-order valence-electron chi connectivity index (χ3n) is 6.84. The predicted octanol–water partition coefficient (Wildman–Crippen LogP) is 3.52. The molecule has 0 aromatic carbocycles. The highest BCUT2D eigenvalue weighted by Gasteiger charge is 2.36. The lowest BCUT2D eigenvalue weighted by molar-refractivity contribution is -0.111. The molecular formula is C25H38O8S4.